The fourth-order valence-corrected chi connectivity index (χ4v) is 3.27. The molecule has 1 N–H and O–H groups in total. The Morgan fingerprint density at radius 1 is 1.00 bits per heavy atom. The van der Waals surface area contributed by atoms with Gasteiger partial charge in [0, 0.05) is 24.9 Å². The minimum atomic E-state index is 0.446. The molecule has 0 amide bonds. The zero-order valence-corrected chi connectivity index (χ0v) is 12.2. The van der Waals surface area contributed by atoms with E-state index in [1.54, 1.807) is 6.20 Å². The second kappa shape index (κ2) is 5.60. The first-order valence-corrected chi connectivity index (χ1v) is 7.61. The summed E-state index contributed by atoms with van der Waals surface area (Å²) in [7, 11) is 0. The zero-order valence-electron chi connectivity index (χ0n) is 12.2. The fraction of sp³-hybridized carbons (Fsp3) is 0.158. The van der Waals surface area contributed by atoms with Crippen LogP contribution in [0.2, 0.25) is 0 Å². The summed E-state index contributed by atoms with van der Waals surface area (Å²) in [6.07, 6.45) is 6.38. The van der Waals surface area contributed by atoms with E-state index >= 15 is 0 Å². The Hall–Kier alpha value is -2.68. The molecule has 4 rings (SSSR count). The van der Waals surface area contributed by atoms with E-state index in [9.17, 15) is 0 Å². The number of aromatic nitrogens is 2. The van der Waals surface area contributed by atoms with Gasteiger partial charge in [0.05, 0.1) is 6.21 Å². The molecule has 0 radical (unpaired) electrons. The summed E-state index contributed by atoms with van der Waals surface area (Å²) >= 11 is 0. The number of hydrogen-bond donors (Lipinski definition) is 1. The maximum absolute atomic E-state index is 4.50. The van der Waals surface area contributed by atoms with E-state index in [1.807, 2.05) is 12.4 Å². The third kappa shape index (κ3) is 2.25. The molecular formula is C19H17N3. The molecule has 2 aromatic carbocycles. The van der Waals surface area contributed by atoms with Crippen LogP contribution >= 0.6 is 0 Å². The molecule has 0 bridgehead atoms. The van der Waals surface area contributed by atoms with E-state index in [1.165, 1.54) is 22.3 Å². The van der Waals surface area contributed by atoms with Crippen molar-refractivity contribution in [2.75, 3.05) is 6.54 Å². The number of aromatic amines is 1. The molecule has 0 aliphatic heterocycles. The van der Waals surface area contributed by atoms with Gasteiger partial charge in [-0.3, -0.25) is 4.99 Å². The molecular weight excluding hydrogens is 270 g/mol. The van der Waals surface area contributed by atoms with Gasteiger partial charge in [0.25, 0.3) is 0 Å². The van der Waals surface area contributed by atoms with Crippen molar-refractivity contribution >= 4 is 6.21 Å². The van der Waals surface area contributed by atoms with Crippen LogP contribution in [0.5, 0.6) is 0 Å². The first-order chi connectivity index (χ1) is 10.9. The lowest BCUT2D eigenvalue weighted by molar-refractivity contribution is 0.743. The van der Waals surface area contributed by atoms with E-state index in [-0.39, 0.29) is 0 Å². The Kier molecular flexibility index (Phi) is 3.31. The number of nitrogens with zero attached hydrogens (tertiary/aromatic N) is 2. The predicted octanol–water partition coefficient (Wildman–Crippen LogP) is 4.03. The van der Waals surface area contributed by atoms with Crippen molar-refractivity contribution in [2.24, 2.45) is 4.99 Å². The fourth-order valence-electron chi connectivity index (χ4n) is 3.27. The average molecular weight is 287 g/mol. The van der Waals surface area contributed by atoms with Gasteiger partial charge in [-0.05, 0) is 28.7 Å². The summed E-state index contributed by atoms with van der Waals surface area (Å²) in [5.74, 6) is 1.26. The molecule has 1 aliphatic rings. The van der Waals surface area contributed by atoms with Crippen molar-refractivity contribution in [1.82, 2.24) is 9.97 Å². The van der Waals surface area contributed by atoms with E-state index in [0.717, 1.165) is 18.8 Å². The number of H-pyrrole nitrogens is 1. The first-order valence-electron chi connectivity index (χ1n) is 7.61. The maximum Gasteiger partial charge on any atom is 0.147 e. The standard InChI is InChI=1S/C19H17N3/c1-3-7-16-14(5-1)15-6-2-4-8-17(15)18(16)9-10-20-13-19-21-11-12-22-19/h1-8,11-13,18H,9-10H2,(H,21,22). The summed E-state index contributed by atoms with van der Waals surface area (Å²) < 4.78 is 0. The monoisotopic (exact) mass is 287 g/mol. The van der Waals surface area contributed by atoms with E-state index in [2.05, 4.69) is 63.5 Å². The second-order valence-electron chi connectivity index (χ2n) is 5.53. The van der Waals surface area contributed by atoms with Gasteiger partial charge in [0.2, 0.25) is 0 Å². The molecule has 0 spiro atoms. The number of aliphatic imine (C=N–C) groups is 1. The molecule has 3 heteroatoms. The van der Waals surface area contributed by atoms with Crippen LogP contribution in [0, 0.1) is 0 Å². The quantitative estimate of drug-likeness (QED) is 0.723. The minimum Gasteiger partial charge on any atom is -0.344 e. The molecule has 3 aromatic rings. The van der Waals surface area contributed by atoms with Crippen molar-refractivity contribution in [3.63, 3.8) is 0 Å². The summed E-state index contributed by atoms with van der Waals surface area (Å²) in [5.41, 5.74) is 5.60. The number of nitrogens with one attached hydrogen (secondary N) is 1. The molecule has 0 fully saturated rings. The number of benzene rings is 2. The van der Waals surface area contributed by atoms with Crippen molar-refractivity contribution in [2.45, 2.75) is 12.3 Å². The number of hydrogen-bond acceptors (Lipinski definition) is 2. The van der Waals surface area contributed by atoms with Gasteiger partial charge in [-0.15, -0.1) is 0 Å². The zero-order chi connectivity index (χ0) is 14.8. The van der Waals surface area contributed by atoms with Crippen LogP contribution in [0.4, 0.5) is 0 Å². The Morgan fingerprint density at radius 2 is 1.68 bits per heavy atom. The minimum absolute atomic E-state index is 0.446. The lowest BCUT2D eigenvalue weighted by Gasteiger charge is -2.11. The molecule has 0 atom stereocenters. The third-order valence-corrected chi connectivity index (χ3v) is 4.24. The van der Waals surface area contributed by atoms with Gasteiger partial charge in [-0.2, -0.15) is 0 Å². The molecule has 0 unspecified atom stereocenters. The van der Waals surface area contributed by atoms with Gasteiger partial charge < -0.3 is 4.98 Å². The van der Waals surface area contributed by atoms with Crippen LogP contribution in [0.15, 0.2) is 65.9 Å². The van der Waals surface area contributed by atoms with Gasteiger partial charge in [-0.1, -0.05) is 48.5 Å². The Labute approximate surface area is 129 Å². The predicted molar refractivity (Wildman–Crippen MR) is 89.4 cm³/mol. The van der Waals surface area contributed by atoms with Crippen LogP contribution in [0.1, 0.15) is 29.3 Å². The summed E-state index contributed by atoms with van der Waals surface area (Å²) in [6.45, 7) is 0.800. The van der Waals surface area contributed by atoms with Crippen molar-refractivity contribution < 1.29 is 0 Å². The topological polar surface area (TPSA) is 41.0 Å². The molecule has 3 nitrogen and oxygen atoms in total. The third-order valence-electron chi connectivity index (χ3n) is 4.24. The highest BCUT2D eigenvalue weighted by molar-refractivity contribution is 5.78. The highest BCUT2D eigenvalue weighted by Gasteiger charge is 2.27. The van der Waals surface area contributed by atoms with Gasteiger partial charge >= 0.3 is 0 Å². The Morgan fingerprint density at radius 3 is 2.32 bits per heavy atom. The molecule has 1 aliphatic carbocycles. The van der Waals surface area contributed by atoms with E-state index in [0.29, 0.717) is 5.92 Å². The SMILES string of the molecule is C(=NCCC1c2ccccc2-c2ccccc21)c1ncc[nH]1. The van der Waals surface area contributed by atoms with Gasteiger partial charge in [0.1, 0.15) is 5.82 Å². The van der Waals surface area contributed by atoms with Crippen LogP contribution in [0.25, 0.3) is 11.1 Å². The second-order valence-corrected chi connectivity index (χ2v) is 5.53. The van der Waals surface area contributed by atoms with Crippen molar-refractivity contribution in [3.8, 4) is 11.1 Å². The lowest BCUT2D eigenvalue weighted by Crippen LogP contribution is -1.99. The summed E-state index contributed by atoms with van der Waals surface area (Å²) in [5, 5.41) is 0. The summed E-state index contributed by atoms with van der Waals surface area (Å²) in [6, 6.07) is 17.4. The van der Waals surface area contributed by atoms with Crippen LogP contribution in [-0.2, 0) is 0 Å². The van der Waals surface area contributed by atoms with Crippen LogP contribution < -0.4 is 0 Å². The molecule has 0 saturated carbocycles. The maximum atomic E-state index is 4.50. The number of imidazole rings is 1. The summed E-state index contributed by atoms with van der Waals surface area (Å²) in [4.78, 5) is 11.7. The van der Waals surface area contributed by atoms with Crippen molar-refractivity contribution in [3.05, 3.63) is 77.9 Å². The highest BCUT2D eigenvalue weighted by atomic mass is 14.9. The van der Waals surface area contributed by atoms with Crippen molar-refractivity contribution in [1.29, 1.82) is 0 Å². The van der Waals surface area contributed by atoms with E-state index in [4.69, 9.17) is 0 Å². The van der Waals surface area contributed by atoms with Crippen LogP contribution in [0.3, 0.4) is 0 Å². The highest BCUT2D eigenvalue weighted by Crippen LogP contribution is 2.45. The largest absolute Gasteiger partial charge is 0.344 e. The normalized spacial score (nSPS) is 13.5. The lowest BCUT2D eigenvalue weighted by atomic mass is 9.94. The average Bonchev–Trinajstić information content (AvgIpc) is 3.18. The molecule has 1 heterocycles. The Bertz CT molecular complexity index is 758. The Balaban J connectivity index is 1.56. The smallest absolute Gasteiger partial charge is 0.147 e. The van der Waals surface area contributed by atoms with Gasteiger partial charge in [0.15, 0.2) is 0 Å². The number of rotatable bonds is 4. The molecule has 108 valence electrons. The van der Waals surface area contributed by atoms with Crippen LogP contribution in [-0.4, -0.2) is 22.7 Å². The van der Waals surface area contributed by atoms with E-state index < -0.39 is 0 Å². The first kappa shape index (κ1) is 13.0. The number of fused-ring (bicyclic) bond motifs is 3. The van der Waals surface area contributed by atoms with Gasteiger partial charge in [-0.25, -0.2) is 4.98 Å². The molecule has 1 aromatic heterocycles. The molecule has 0 saturated heterocycles. The molecule has 22 heavy (non-hydrogen) atoms.